The molecule has 2 aromatic rings. The molecule has 0 saturated carbocycles. The minimum atomic E-state index is -0.929. The van der Waals surface area contributed by atoms with Crippen LogP contribution in [0.25, 0.3) is 33.4 Å². The van der Waals surface area contributed by atoms with E-state index in [9.17, 15) is 14.7 Å². The molecule has 2 aliphatic rings. The zero-order valence-electron chi connectivity index (χ0n) is 18.1. The van der Waals surface area contributed by atoms with E-state index in [0.29, 0.717) is 10.9 Å². The van der Waals surface area contributed by atoms with Crippen LogP contribution >= 0.6 is 110 Å². The van der Waals surface area contributed by atoms with Crippen molar-refractivity contribution in [1.29, 1.82) is 0 Å². The van der Waals surface area contributed by atoms with Crippen molar-refractivity contribution in [1.82, 2.24) is 0 Å². The summed E-state index contributed by atoms with van der Waals surface area (Å²) in [5.74, 6) is -1.02. The second-order valence-corrected chi connectivity index (χ2v) is 11.9. The number of ether oxygens (including phenoxy) is 1. The summed E-state index contributed by atoms with van der Waals surface area (Å²) in [6, 6.07) is 3.03. The number of hydrogen-bond acceptors (Lipinski definition) is 6. The van der Waals surface area contributed by atoms with Gasteiger partial charge in [-0.3, -0.25) is 4.79 Å². The van der Waals surface area contributed by atoms with Crippen LogP contribution in [0.1, 0.15) is 10.4 Å². The van der Waals surface area contributed by atoms with Gasteiger partial charge in [0.15, 0.2) is 11.3 Å². The van der Waals surface area contributed by atoms with E-state index in [0.717, 1.165) is 0 Å². The average molecular weight is 853 g/mol. The summed E-state index contributed by atoms with van der Waals surface area (Å²) in [5, 5.41) is 19.3. The Balaban J connectivity index is 0.00000380. The van der Waals surface area contributed by atoms with Crippen molar-refractivity contribution in [3.8, 4) is 28.2 Å². The molecule has 15 heteroatoms. The number of carbonyl (C=O) groups is 1. The molecule has 0 bridgehead atoms. The van der Waals surface area contributed by atoms with Crippen LogP contribution in [-0.4, -0.2) is 29.4 Å². The van der Waals surface area contributed by atoms with Gasteiger partial charge in [0.2, 0.25) is 5.43 Å². The number of halogens is 8. The molecule has 0 saturated heterocycles. The minimum Gasteiger partial charge on any atom is -0.505 e. The molecule has 1 aliphatic carbocycles. The van der Waals surface area contributed by atoms with Gasteiger partial charge in [-0.1, -0.05) is 46.4 Å². The summed E-state index contributed by atoms with van der Waals surface area (Å²) in [5.41, 5.74) is 0.126. The normalized spacial score (nSPS) is 11.2. The number of hydrogen-bond donors (Lipinski definition) is 2. The first-order valence-electron chi connectivity index (χ1n) is 9.52. The molecule has 2 N–H and O–H groups in total. The summed E-state index contributed by atoms with van der Waals surface area (Å²) < 4.78 is 11.9. The van der Waals surface area contributed by atoms with Gasteiger partial charge in [0.1, 0.15) is 21.3 Å². The summed E-state index contributed by atoms with van der Waals surface area (Å²) in [6.45, 7) is -0.755. The van der Waals surface area contributed by atoms with Crippen LogP contribution in [-0.2, 0) is 4.74 Å². The number of benzene rings is 3. The molecule has 0 radical (unpaired) electrons. The first-order valence-corrected chi connectivity index (χ1v) is 14.2. The Labute approximate surface area is 284 Å². The standard InChI is InChI=1S/C22H8Br4Cl4O6.Na/c23-7-3-5-9(10-11(22(34)35-2-1-31)15(28)17(30)16(29)14(10)27)6-4-8(24)19(33)13(26)21(6)36-20(5)12(25)18(7)32;/h3-4,31-32H,1-2H2;/q;+1. The molecule has 1 aliphatic heterocycles. The maximum Gasteiger partial charge on any atom is 1.00 e. The molecule has 0 amide bonds. The molecule has 37 heavy (non-hydrogen) atoms. The third-order valence-corrected chi connectivity index (χ3v) is 9.52. The predicted octanol–water partition coefficient (Wildman–Crippen LogP) is 6.09. The maximum absolute atomic E-state index is 13.2. The molecule has 0 spiro atoms. The van der Waals surface area contributed by atoms with E-state index >= 15 is 0 Å². The van der Waals surface area contributed by atoms with Crippen LogP contribution in [0.4, 0.5) is 0 Å². The van der Waals surface area contributed by atoms with E-state index in [4.69, 9.17) is 60.7 Å². The van der Waals surface area contributed by atoms with Crippen LogP contribution in [0.15, 0.2) is 39.2 Å². The molecule has 6 nitrogen and oxygen atoms in total. The van der Waals surface area contributed by atoms with Crippen LogP contribution in [0.3, 0.4) is 0 Å². The van der Waals surface area contributed by atoms with Gasteiger partial charge in [-0.05, 0) is 75.9 Å². The van der Waals surface area contributed by atoms with E-state index in [1.54, 1.807) is 0 Å². The van der Waals surface area contributed by atoms with Crippen molar-refractivity contribution < 1.29 is 53.7 Å². The second kappa shape index (κ2) is 12.5. The van der Waals surface area contributed by atoms with Crippen molar-refractivity contribution in [3.63, 3.8) is 0 Å². The number of fused-ring (bicyclic) bond motifs is 2. The van der Waals surface area contributed by atoms with Crippen LogP contribution in [0.2, 0.25) is 20.1 Å². The molecule has 188 valence electrons. The smallest absolute Gasteiger partial charge is 0.505 e. The predicted molar refractivity (Wildman–Crippen MR) is 154 cm³/mol. The zero-order valence-corrected chi connectivity index (χ0v) is 29.5. The topological polar surface area (TPSA) is 97.0 Å². The molecule has 0 aromatic heterocycles. The van der Waals surface area contributed by atoms with Gasteiger partial charge < -0.3 is 19.4 Å². The quantitative estimate of drug-likeness (QED) is 0.0850. The van der Waals surface area contributed by atoms with Crippen molar-refractivity contribution in [3.05, 3.63) is 65.9 Å². The Morgan fingerprint density at radius 2 is 1.54 bits per heavy atom. The fourth-order valence-corrected chi connectivity index (χ4v) is 6.96. The number of carbonyl (C=O) groups excluding carboxylic acids is 1. The molecule has 4 rings (SSSR count). The third-order valence-electron chi connectivity index (χ3n) is 5.07. The summed E-state index contributed by atoms with van der Waals surface area (Å²) in [7, 11) is 0. The van der Waals surface area contributed by atoms with Gasteiger partial charge in [-0.25, -0.2) is 4.79 Å². The van der Waals surface area contributed by atoms with Crippen molar-refractivity contribution >= 4 is 127 Å². The van der Waals surface area contributed by atoms with Crippen molar-refractivity contribution in [2.24, 2.45) is 0 Å². The van der Waals surface area contributed by atoms with Crippen molar-refractivity contribution in [2.45, 2.75) is 0 Å². The molecule has 2 aromatic carbocycles. The first kappa shape index (κ1) is 32.0. The van der Waals surface area contributed by atoms with E-state index < -0.39 is 18.0 Å². The SMILES string of the molecule is O=C(OCCO)c1c(Cl)c(Cl)c(Cl)c(Cl)c1-c1c2cc(Br)c(=O)c(Br)c-2oc2c(Br)c(O)c(Br)cc12.[Na+]. The average Bonchev–Trinajstić information content (AvgIpc) is 2.85. The van der Waals surface area contributed by atoms with Crippen LogP contribution < -0.4 is 35.0 Å². The van der Waals surface area contributed by atoms with Crippen LogP contribution in [0, 0.1) is 0 Å². The zero-order chi connectivity index (χ0) is 26.6. The Hall–Kier alpha value is 0.440. The molecule has 0 atom stereocenters. The minimum absolute atomic E-state index is 0. The number of esters is 1. The Kier molecular flexibility index (Phi) is 10.8. The van der Waals surface area contributed by atoms with Crippen molar-refractivity contribution in [2.75, 3.05) is 13.2 Å². The number of phenolic OH excluding ortho intramolecular Hbond substituents is 1. The van der Waals surface area contributed by atoms with Crippen LogP contribution in [0.5, 0.6) is 5.75 Å². The molecular formula is C22H8Br4Cl4NaO6+. The maximum atomic E-state index is 13.2. The summed E-state index contributed by atoms with van der Waals surface area (Å²) in [6.07, 6.45) is 0. The van der Waals surface area contributed by atoms with Gasteiger partial charge in [-0.15, -0.1) is 0 Å². The summed E-state index contributed by atoms with van der Waals surface area (Å²) in [4.78, 5) is 25.8. The largest absolute Gasteiger partial charge is 1.00 e. The Morgan fingerprint density at radius 3 is 2.16 bits per heavy atom. The first-order chi connectivity index (χ1) is 16.9. The number of aliphatic hydroxyl groups is 1. The van der Waals surface area contributed by atoms with Gasteiger partial charge in [-0.2, -0.15) is 0 Å². The van der Waals surface area contributed by atoms with Gasteiger partial charge in [0.05, 0.1) is 41.2 Å². The summed E-state index contributed by atoms with van der Waals surface area (Å²) >= 11 is 39.0. The van der Waals surface area contributed by atoms with Gasteiger partial charge >= 0.3 is 35.5 Å². The molecular weight excluding hydrogens is 845 g/mol. The molecule has 0 fully saturated rings. The van der Waals surface area contributed by atoms with E-state index in [1.807, 2.05) is 0 Å². The fourth-order valence-electron chi connectivity index (χ4n) is 3.53. The Morgan fingerprint density at radius 1 is 0.919 bits per heavy atom. The number of rotatable bonds is 4. The number of aromatic hydroxyl groups is 1. The second-order valence-electron chi connectivity index (χ2n) is 7.12. The van der Waals surface area contributed by atoms with Gasteiger partial charge in [0.25, 0.3) is 0 Å². The molecule has 1 heterocycles. The van der Waals surface area contributed by atoms with E-state index in [-0.39, 0.29) is 108 Å². The van der Waals surface area contributed by atoms with E-state index in [2.05, 4.69) is 63.7 Å². The third kappa shape index (κ3) is 5.53. The fraction of sp³-hybridized carbons (Fsp3) is 0.0909. The van der Waals surface area contributed by atoms with E-state index in [1.165, 1.54) is 12.1 Å². The number of phenols is 1. The monoisotopic (exact) mass is 847 g/mol. The van der Waals surface area contributed by atoms with Gasteiger partial charge in [0, 0.05) is 22.1 Å². The number of aliphatic hydroxyl groups excluding tert-OH is 1. The Bertz CT molecular complexity index is 1630. The molecule has 0 unspecified atom stereocenters.